The molecule has 3 aromatic rings. The number of hydrogen-bond acceptors (Lipinski definition) is 7. The number of aromatic nitrogens is 4. The maximum Gasteiger partial charge on any atom is 0.286 e. The van der Waals surface area contributed by atoms with E-state index in [0.717, 1.165) is 12.8 Å². The molecule has 0 aliphatic carbocycles. The first-order valence-corrected chi connectivity index (χ1v) is 9.08. The SMILES string of the molecule is O=C(NC[C@H]1CCCN(C(=O)COc2ccc3nncn3n2)C1)c1ccco1. The van der Waals surface area contributed by atoms with Gasteiger partial charge in [0.25, 0.3) is 11.8 Å². The van der Waals surface area contributed by atoms with E-state index in [-0.39, 0.29) is 30.1 Å². The van der Waals surface area contributed by atoms with Crippen LogP contribution in [0.5, 0.6) is 5.88 Å². The minimum Gasteiger partial charge on any atom is -0.467 e. The van der Waals surface area contributed by atoms with Crippen LogP contribution in [0, 0.1) is 5.92 Å². The normalized spacial score (nSPS) is 16.9. The van der Waals surface area contributed by atoms with Crippen LogP contribution in [0.15, 0.2) is 41.3 Å². The van der Waals surface area contributed by atoms with Crippen molar-refractivity contribution in [2.45, 2.75) is 12.8 Å². The van der Waals surface area contributed by atoms with Gasteiger partial charge in [0.15, 0.2) is 18.0 Å². The second kappa shape index (κ2) is 8.07. The molecule has 3 aromatic heterocycles. The Morgan fingerprint density at radius 2 is 2.25 bits per heavy atom. The Hall–Kier alpha value is -3.43. The topological polar surface area (TPSA) is 115 Å². The molecule has 10 heteroatoms. The van der Waals surface area contributed by atoms with Crippen molar-refractivity contribution in [3.05, 3.63) is 42.6 Å². The zero-order chi connectivity index (χ0) is 19.3. The third-order valence-corrected chi connectivity index (χ3v) is 4.65. The zero-order valence-corrected chi connectivity index (χ0v) is 15.2. The molecule has 0 spiro atoms. The van der Waals surface area contributed by atoms with Crippen molar-refractivity contribution in [3.8, 4) is 5.88 Å². The summed E-state index contributed by atoms with van der Waals surface area (Å²) in [4.78, 5) is 26.2. The number of hydrogen-bond donors (Lipinski definition) is 1. The summed E-state index contributed by atoms with van der Waals surface area (Å²) in [7, 11) is 0. The lowest BCUT2D eigenvalue weighted by molar-refractivity contribution is -0.135. The third-order valence-electron chi connectivity index (χ3n) is 4.65. The van der Waals surface area contributed by atoms with Gasteiger partial charge in [0.2, 0.25) is 5.88 Å². The van der Waals surface area contributed by atoms with Crippen molar-refractivity contribution < 1.29 is 18.7 Å². The minimum atomic E-state index is -0.243. The first-order chi connectivity index (χ1) is 13.7. The molecule has 1 aliphatic rings. The Balaban J connectivity index is 1.26. The number of nitrogens with one attached hydrogen (secondary N) is 1. The van der Waals surface area contributed by atoms with Crippen LogP contribution >= 0.6 is 0 Å². The first-order valence-electron chi connectivity index (χ1n) is 9.08. The lowest BCUT2D eigenvalue weighted by Crippen LogP contribution is -2.45. The van der Waals surface area contributed by atoms with E-state index in [2.05, 4.69) is 20.6 Å². The maximum absolute atomic E-state index is 12.5. The standard InChI is InChI=1S/C18H20N6O4/c25-17(11-28-16-6-5-15-21-20-12-24(15)22-16)23-7-1-3-13(10-23)9-19-18(26)14-4-2-8-27-14/h2,4-6,8,12-13H,1,3,7,9-11H2,(H,19,26)/t13-/m1/s1. The number of likely N-dealkylation sites (tertiary alicyclic amines) is 1. The van der Waals surface area contributed by atoms with Gasteiger partial charge in [-0.15, -0.1) is 15.3 Å². The van der Waals surface area contributed by atoms with E-state index in [1.165, 1.54) is 17.1 Å². The van der Waals surface area contributed by atoms with Crippen molar-refractivity contribution in [1.29, 1.82) is 0 Å². The Bertz CT molecular complexity index is 954. The van der Waals surface area contributed by atoms with Crippen LogP contribution < -0.4 is 10.1 Å². The molecule has 0 radical (unpaired) electrons. The van der Waals surface area contributed by atoms with Crippen LogP contribution in [0.25, 0.3) is 5.65 Å². The van der Waals surface area contributed by atoms with E-state index >= 15 is 0 Å². The second-order valence-corrected chi connectivity index (χ2v) is 6.63. The molecule has 1 aliphatic heterocycles. The molecule has 1 N–H and O–H groups in total. The number of carbonyl (C=O) groups excluding carboxylic acids is 2. The van der Waals surface area contributed by atoms with Gasteiger partial charge in [-0.2, -0.15) is 4.52 Å². The molecule has 146 valence electrons. The van der Waals surface area contributed by atoms with Gasteiger partial charge in [-0.05, 0) is 37.0 Å². The summed E-state index contributed by atoms with van der Waals surface area (Å²) in [5.41, 5.74) is 0.606. The maximum atomic E-state index is 12.5. The van der Waals surface area contributed by atoms with Gasteiger partial charge in [-0.1, -0.05) is 0 Å². The van der Waals surface area contributed by atoms with E-state index in [0.29, 0.717) is 31.2 Å². The fourth-order valence-corrected chi connectivity index (χ4v) is 3.21. The summed E-state index contributed by atoms with van der Waals surface area (Å²) in [5, 5.41) is 14.7. The van der Waals surface area contributed by atoms with Crippen molar-refractivity contribution in [1.82, 2.24) is 30.0 Å². The number of furan rings is 1. The number of ether oxygens (including phenoxy) is 1. The summed E-state index contributed by atoms with van der Waals surface area (Å²) in [5.74, 6) is 0.470. The lowest BCUT2D eigenvalue weighted by atomic mass is 9.98. The van der Waals surface area contributed by atoms with Gasteiger partial charge in [0.05, 0.1) is 6.26 Å². The molecule has 2 amide bonds. The average Bonchev–Trinajstić information content (AvgIpc) is 3.42. The predicted molar refractivity (Wildman–Crippen MR) is 96.6 cm³/mol. The third kappa shape index (κ3) is 4.11. The van der Waals surface area contributed by atoms with Crippen molar-refractivity contribution in [3.63, 3.8) is 0 Å². The second-order valence-electron chi connectivity index (χ2n) is 6.63. The van der Waals surface area contributed by atoms with Crippen LogP contribution in [0.3, 0.4) is 0 Å². The average molecular weight is 384 g/mol. The number of amides is 2. The highest BCUT2D eigenvalue weighted by molar-refractivity contribution is 5.91. The highest BCUT2D eigenvalue weighted by Gasteiger charge is 2.24. The molecular formula is C18H20N6O4. The molecule has 0 aromatic carbocycles. The molecule has 1 fully saturated rings. The molecule has 28 heavy (non-hydrogen) atoms. The van der Waals surface area contributed by atoms with E-state index in [1.54, 1.807) is 29.2 Å². The Kier molecular flexibility index (Phi) is 5.18. The smallest absolute Gasteiger partial charge is 0.286 e. The Morgan fingerprint density at radius 3 is 3.11 bits per heavy atom. The van der Waals surface area contributed by atoms with Gasteiger partial charge < -0.3 is 19.4 Å². The monoisotopic (exact) mass is 384 g/mol. The van der Waals surface area contributed by atoms with Gasteiger partial charge in [0, 0.05) is 25.7 Å². The van der Waals surface area contributed by atoms with Crippen molar-refractivity contribution in [2.24, 2.45) is 5.92 Å². The Morgan fingerprint density at radius 1 is 1.32 bits per heavy atom. The zero-order valence-electron chi connectivity index (χ0n) is 15.2. The lowest BCUT2D eigenvalue weighted by Gasteiger charge is -2.32. The van der Waals surface area contributed by atoms with Crippen LogP contribution in [-0.4, -0.2) is 62.8 Å². The highest BCUT2D eigenvalue weighted by Crippen LogP contribution is 2.16. The highest BCUT2D eigenvalue weighted by atomic mass is 16.5. The molecular weight excluding hydrogens is 364 g/mol. The number of nitrogens with zero attached hydrogens (tertiary/aromatic N) is 5. The van der Waals surface area contributed by atoms with Crippen LogP contribution in [0.2, 0.25) is 0 Å². The van der Waals surface area contributed by atoms with E-state index in [4.69, 9.17) is 9.15 Å². The molecule has 1 atom stereocenters. The van der Waals surface area contributed by atoms with Crippen LogP contribution in [0.4, 0.5) is 0 Å². The molecule has 4 rings (SSSR count). The summed E-state index contributed by atoms with van der Waals surface area (Å²) in [6, 6.07) is 6.67. The number of piperidine rings is 1. The predicted octanol–water partition coefficient (Wildman–Crippen LogP) is 0.765. The quantitative estimate of drug-likeness (QED) is 0.667. The summed E-state index contributed by atoms with van der Waals surface area (Å²) < 4.78 is 12.1. The molecule has 0 bridgehead atoms. The first kappa shape index (κ1) is 18.0. The van der Waals surface area contributed by atoms with E-state index in [1.807, 2.05) is 0 Å². The largest absolute Gasteiger partial charge is 0.467 e. The van der Waals surface area contributed by atoms with Gasteiger partial charge in [-0.3, -0.25) is 9.59 Å². The molecule has 10 nitrogen and oxygen atoms in total. The summed E-state index contributed by atoms with van der Waals surface area (Å²) in [6.45, 7) is 1.67. The van der Waals surface area contributed by atoms with Crippen LogP contribution in [-0.2, 0) is 4.79 Å². The van der Waals surface area contributed by atoms with Gasteiger partial charge in [-0.25, -0.2) is 0 Å². The summed E-state index contributed by atoms with van der Waals surface area (Å²) in [6.07, 6.45) is 4.77. The fourth-order valence-electron chi connectivity index (χ4n) is 3.21. The fraction of sp³-hybridized carbons (Fsp3) is 0.389. The van der Waals surface area contributed by atoms with Crippen LogP contribution in [0.1, 0.15) is 23.4 Å². The minimum absolute atomic E-state index is 0.0912. The number of carbonyl (C=O) groups is 2. The van der Waals surface area contributed by atoms with Crippen molar-refractivity contribution >= 4 is 17.5 Å². The van der Waals surface area contributed by atoms with E-state index in [9.17, 15) is 9.59 Å². The van der Waals surface area contributed by atoms with Crippen molar-refractivity contribution in [2.75, 3.05) is 26.2 Å². The molecule has 0 unspecified atom stereocenters. The molecule has 4 heterocycles. The molecule has 1 saturated heterocycles. The number of fused-ring (bicyclic) bond motifs is 1. The molecule has 0 saturated carbocycles. The van der Waals surface area contributed by atoms with Gasteiger partial charge >= 0.3 is 0 Å². The Labute approximate surface area is 160 Å². The van der Waals surface area contributed by atoms with E-state index < -0.39 is 0 Å². The number of rotatable bonds is 6. The van der Waals surface area contributed by atoms with Gasteiger partial charge in [0.1, 0.15) is 6.33 Å². The summed E-state index contributed by atoms with van der Waals surface area (Å²) >= 11 is 0.